The molecule has 0 unspecified atom stereocenters. The van der Waals surface area contributed by atoms with Crippen LogP contribution in [0.5, 0.6) is 0 Å². The molecule has 0 saturated carbocycles. The number of rotatable bonds is 6. The van der Waals surface area contributed by atoms with E-state index in [4.69, 9.17) is 4.74 Å². The van der Waals surface area contributed by atoms with Crippen molar-refractivity contribution in [1.82, 2.24) is 5.32 Å². The Hall–Kier alpha value is -1.52. The number of nitrogens with one attached hydrogen (secondary N) is 1. The van der Waals surface area contributed by atoms with Crippen LogP contribution in [0.25, 0.3) is 0 Å². The Bertz CT molecular complexity index is 250. The first-order valence-electron chi connectivity index (χ1n) is 5.18. The van der Waals surface area contributed by atoms with Crippen molar-refractivity contribution in [3.05, 3.63) is 12.7 Å². The number of carbonyl (C=O) groups excluding carboxylic acids is 2. The fraction of sp³-hybridized carbons (Fsp3) is 0.636. The van der Waals surface area contributed by atoms with Gasteiger partial charge in [0, 0.05) is 0 Å². The van der Waals surface area contributed by atoms with Gasteiger partial charge < -0.3 is 14.8 Å². The van der Waals surface area contributed by atoms with Crippen LogP contribution in [0.3, 0.4) is 0 Å². The van der Waals surface area contributed by atoms with Crippen molar-refractivity contribution in [2.75, 3.05) is 13.2 Å². The third-order valence-corrected chi connectivity index (χ3v) is 1.58. The lowest BCUT2D eigenvalue weighted by molar-refractivity contribution is -0.146. The molecule has 16 heavy (non-hydrogen) atoms. The maximum atomic E-state index is 11.3. The minimum absolute atomic E-state index is 0.111. The highest BCUT2D eigenvalue weighted by Gasteiger charge is 2.17. The summed E-state index contributed by atoms with van der Waals surface area (Å²) in [5.41, 5.74) is 0. The van der Waals surface area contributed by atoms with Gasteiger partial charge in [0.1, 0.15) is 12.6 Å². The lowest BCUT2D eigenvalue weighted by atomic mass is 10.2. The molecule has 0 aromatic carbocycles. The van der Waals surface area contributed by atoms with Crippen LogP contribution in [0.4, 0.5) is 4.79 Å². The molecule has 5 nitrogen and oxygen atoms in total. The molecule has 0 spiro atoms. The summed E-state index contributed by atoms with van der Waals surface area (Å²) >= 11 is 0. The fourth-order valence-electron chi connectivity index (χ4n) is 0.786. The normalized spacial score (nSPS) is 11.8. The lowest BCUT2D eigenvalue weighted by Crippen LogP contribution is -2.40. The molecule has 0 radical (unpaired) electrons. The molecular formula is C11H19NO4. The Morgan fingerprint density at radius 3 is 2.44 bits per heavy atom. The molecule has 1 N–H and O–H groups in total. The molecule has 1 amide bonds. The Morgan fingerprint density at radius 1 is 1.31 bits per heavy atom. The van der Waals surface area contributed by atoms with E-state index in [0.29, 0.717) is 6.61 Å². The van der Waals surface area contributed by atoms with Gasteiger partial charge in [0.05, 0.1) is 6.61 Å². The molecule has 0 bridgehead atoms. The van der Waals surface area contributed by atoms with Gasteiger partial charge >= 0.3 is 12.1 Å². The first-order chi connectivity index (χ1) is 7.47. The summed E-state index contributed by atoms with van der Waals surface area (Å²) in [5.74, 6) is -0.201. The van der Waals surface area contributed by atoms with Crippen molar-refractivity contribution in [2.45, 2.75) is 26.8 Å². The second kappa shape index (κ2) is 7.73. The van der Waals surface area contributed by atoms with Gasteiger partial charge in [-0.05, 0) is 12.8 Å². The fourth-order valence-corrected chi connectivity index (χ4v) is 0.786. The second-order valence-electron chi connectivity index (χ2n) is 3.78. The van der Waals surface area contributed by atoms with E-state index in [9.17, 15) is 9.59 Å². The zero-order chi connectivity index (χ0) is 12.6. The maximum Gasteiger partial charge on any atom is 0.408 e. The quantitative estimate of drug-likeness (QED) is 0.553. The summed E-state index contributed by atoms with van der Waals surface area (Å²) in [7, 11) is 0. The SMILES string of the molecule is C=CCOC(=O)N[C@@H](C)C(=O)OCC(C)C. The molecule has 0 saturated heterocycles. The topological polar surface area (TPSA) is 64.6 Å². The van der Waals surface area contributed by atoms with Crippen LogP contribution < -0.4 is 5.32 Å². The van der Waals surface area contributed by atoms with Gasteiger partial charge in [-0.3, -0.25) is 0 Å². The lowest BCUT2D eigenvalue weighted by Gasteiger charge is -2.13. The summed E-state index contributed by atoms with van der Waals surface area (Å²) in [6.07, 6.45) is 0.787. The molecule has 1 atom stereocenters. The molecule has 0 fully saturated rings. The van der Waals surface area contributed by atoms with E-state index in [0.717, 1.165) is 0 Å². The predicted octanol–water partition coefficient (Wildman–Crippen LogP) is 1.49. The zero-order valence-corrected chi connectivity index (χ0v) is 9.99. The average molecular weight is 229 g/mol. The van der Waals surface area contributed by atoms with Crippen LogP contribution >= 0.6 is 0 Å². The van der Waals surface area contributed by atoms with Crippen LogP contribution in [-0.2, 0) is 14.3 Å². The molecule has 5 heteroatoms. The van der Waals surface area contributed by atoms with Gasteiger partial charge in [0.25, 0.3) is 0 Å². The number of hydrogen-bond acceptors (Lipinski definition) is 4. The molecule has 0 aromatic heterocycles. The van der Waals surface area contributed by atoms with Crippen molar-refractivity contribution in [3.63, 3.8) is 0 Å². The standard InChI is InChI=1S/C11H19NO4/c1-5-6-15-11(14)12-9(4)10(13)16-7-8(2)3/h5,8-9H,1,6-7H2,2-4H3,(H,12,14)/t9-/m0/s1. The number of esters is 1. The number of hydrogen-bond donors (Lipinski definition) is 1. The summed E-state index contributed by atoms with van der Waals surface area (Å²) in [4.78, 5) is 22.4. The monoisotopic (exact) mass is 229 g/mol. The van der Waals surface area contributed by atoms with E-state index in [1.54, 1.807) is 0 Å². The van der Waals surface area contributed by atoms with Gasteiger partial charge in [0.2, 0.25) is 0 Å². The molecule has 0 aromatic rings. The van der Waals surface area contributed by atoms with Crippen molar-refractivity contribution in [1.29, 1.82) is 0 Å². The molecule has 0 aliphatic carbocycles. The minimum atomic E-state index is -0.712. The Balaban J connectivity index is 3.85. The van der Waals surface area contributed by atoms with Gasteiger partial charge in [-0.2, -0.15) is 0 Å². The highest BCUT2D eigenvalue weighted by Crippen LogP contribution is 1.96. The van der Waals surface area contributed by atoms with Gasteiger partial charge in [-0.15, -0.1) is 0 Å². The molecule has 0 aliphatic heterocycles. The summed E-state index contributed by atoms with van der Waals surface area (Å²) < 4.78 is 9.60. The number of alkyl carbamates (subject to hydrolysis) is 1. The predicted molar refractivity (Wildman–Crippen MR) is 59.9 cm³/mol. The summed E-state index contributed by atoms with van der Waals surface area (Å²) in [6, 6.07) is -0.712. The van der Waals surface area contributed by atoms with Gasteiger partial charge in [-0.1, -0.05) is 26.5 Å². The van der Waals surface area contributed by atoms with E-state index in [-0.39, 0.29) is 12.5 Å². The van der Waals surface area contributed by atoms with Crippen LogP contribution in [0.1, 0.15) is 20.8 Å². The van der Waals surface area contributed by atoms with Gasteiger partial charge in [-0.25, -0.2) is 9.59 Å². The first kappa shape index (κ1) is 14.5. The van der Waals surface area contributed by atoms with E-state index >= 15 is 0 Å². The highest BCUT2D eigenvalue weighted by atomic mass is 16.6. The van der Waals surface area contributed by atoms with Crippen LogP contribution in [-0.4, -0.2) is 31.3 Å². The Kier molecular flexibility index (Phi) is 7.00. The number of ether oxygens (including phenoxy) is 2. The largest absolute Gasteiger partial charge is 0.464 e. The van der Waals surface area contributed by atoms with Crippen molar-refractivity contribution >= 4 is 12.1 Å². The number of carbonyl (C=O) groups is 2. The second-order valence-corrected chi connectivity index (χ2v) is 3.78. The molecule has 0 aliphatic rings. The minimum Gasteiger partial charge on any atom is -0.464 e. The van der Waals surface area contributed by atoms with Crippen LogP contribution in [0.2, 0.25) is 0 Å². The van der Waals surface area contributed by atoms with Crippen molar-refractivity contribution in [3.8, 4) is 0 Å². The smallest absolute Gasteiger partial charge is 0.408 e. The first-order valence-corrected chi connectivity index (χ1v) is 5.18. The molecule has 92 valence electrons. The average Bonchev–Trinajstić information content (AvgIpc) is 2.22. The molecular weight excluding hydrogens is 210 g/mol. The Labute approximate surface area is 95.8 Å². The maximum absolute atomic E-state index is 11.3. The third-order valence-electron chi connectivity index (χ3n) is 1.58. The van der Waals surface area contributed by atoms with Crippen LogP contribution in [0, 0.1) is 5.92 Å². The molecule has 0 heterocycles. The molecule has 0 rings (SSSR count). The van der Waals surface area contributed by atoms with Crippen molar-refractivity contribution < 1.29 is 19.1 Å². The van der Waals surface area contributed by atoms with E-state index in [1.165, 1.54) is 13.0 Å². The van der Waals surface area contributed by atoms with E-state index in [2.05, 4.69) is 16.6 Å². The zero-order valence-electron chi connectivity index (χ0n) is 9.99. The van der Waals surface area contributed by atoms with E-state index < -0.39 is 18.1 Å². The summed E-state index contributed by atoms with van der Waals surface area (Å²) in [5, 5.41) is 2.35. The highest BCUT2D eigenvalue weighted by molar-refractivity contribution is 5.80. The number of amides is 1. The van der Waals surface area contributed by atoms with E-state index in [1.807, 2.05) is 13.8 Å². The Morgan fingerprint density at radius 2 is 1.94 bits per heavy atom. The third kappa shape index (κ3) is 6.86. The van der Waals surface area contributed by atoms with Gasteiger partial charge in [0.15, 0.2) is 0 Å². The van der Waals surface area contributed by atoms with Crippen molar-refractivity contribution in [2.24, 2.45) is 5.92 Å². The summed E-state index contributed by atoms with van der Waals surface area (Å²) in [6.45, 7) is 9.26. The van der Waals surface area contributed by atoms with Crippen LogP contribution in [0.15, 0.2) is 12.7 Å².